The van der Waals surface area contributed by atoms with Gasteiger partial charge in [0.15, 0.2) is 17.8 Å². The fourth-order valence-corrected chi connectivity index (χ4v) is 4.30. The highest BCUT2D eigenvalue weighted by molar-refractivity contribution is 5.80. The van der Waals surface area contributed by atoms with Gasteiger partial charge < -0.3 is 58.7 Å². The first-order valence-corrected chi connectivity index (χ1v) is 11.8. The van der Waals surface area contributed by atoms with E-state index in [0.717, 1.165) is 0 Å². The molecule has 0 saturated carbocycles. The number of aliphatic hydroxyl groups is 6. The van der Waals surface area contributed by atoms with Crippen LogP contribution >= 0.6 is 0 Å². The van der Waals surface area contributed by atoms with Crippen molar-refractivity contribution in [2.75, 3.05) is 13.7 Å². The summed E-state index contributed by atoms with van der Waals surface area (Å²) in [5.41, 5.74) is -0.447. The van der Waals surface area contributed by atoms with E-state index in [9.17, 15) is 40.2 Å². The van der Waals surface area contributed by atoms with Crippen LogP contribution in [0, 0.1) is 0 Å². The quantitative estimate of drug-likeness (QED) is 0.195. The maximum absolute atomic E-state index is 11.6. The topological polar surface area (TPSA) is 215 Å². The maximum atomic E-state index is 11.6. The Bertz CT molecular complexity index is 1180. The molecule has 210 valence electrons. The number of hydrogen-bond acceptors (Lipinski definition) is 14. The summed E-state index contributed by atoms with van der Waals surface area (Å²) in [4.78, 5) is 23.1. The minimum atomic E-state index is -1.75. The number of methoxy groups -OCH3 is 1. The molecule has 2 aliphatic rings. The van der Waals surface area contributed by atoms with Crippen molar-refractivity contribution in [3.63, 3.8) is 0 Å². The highest BCUT2D eigenvalue weighted by Crippen LogP contribution is 2.35. The van der Waals surface area contributed by atoms with E-state index >= 15 is 0 Å². The monoisotopic (exact) mass is 542 g/mol. The number of fused-ring (bicyclic) bond motifs is 1. The Morgan fingerprint density at radius 3 is 2.13 bits per heavy atom. The standard InChI is InChI=1S/C24H30O14/c1-9(25)5-14-17(27)19(29)21(31)23(37-14)34-8-15-18(28)20(30)22(32)24(38-15)36-13-7-11-10(6-12(13)33-2)3-4-16(26)35-11/h3-4,6-7,14-15,17-24,27-32H,5,8H2,1-2H3. The molecular formula is C24H30O14. The van der Waals surface area contributed by atoms with Gasteiger partial charge in [0, 0.05) is 23.9 Å². The van der Waals surface area contributed by atoms with Crippen LogP contribution in [-0.4, -0.2) is 112 Å². The van der Waals surface area contributed by atoms with E-state index in [0.29, 0.717) is 5.39 Å². The fraction of sp³-hybridized carbons (Fsp3) is 0.583. The lowest BCUT2D eigenvalue weighted by Crippen LogP contribution is -2.62. The third-order valence-electron chi connectivity index (χ3n) is 6.40. The molecule has 38 heavy (non-hydrogen) atoms. The van der Waals surface area contributed by atoms with Gasteiger partial charge in [-0.15, -0.1) is 0 Å². The molecule has 0 bridgehead atoms. The first-order chi connectivity index (χ1) is 18.0. The van der Waals surface area contributed by atoms with Crippen LogP contribution in [0.15, 0.2) is 33.5 Å². The van der Waals surface area contributed by atoms with Gasteiger partial charge in [-0.05, 0) is 19.1 Å². The maximum Gasteiger partial charge on any atom is 0.336 e. The molecule has 2 aliphatic heterocycles. The molecule has 4 rings (SSSR count). The molecule has 2 aromatic rings. The number of hydrogen-bond donors (Lipinski definition) is 6. The molecule has 10 unspecified atom stereocenters. The Kier molecular flexibility index (Phi) is 8.66. The van der Waals surface area contributed by atoms with Gasteiger partial charge in [0.05, 0.1) is 19.8 Å². The second-order valence-corrected chi connectivity index (χ2v) is 9.18. The third kappa shape index (κ3) is 5.83. The lowest BCUT2D eigenvalue weighted by Gasteiger charge is -2.42. The molecule has 2 saturated heterocycles. The predicted molar refractivity (Wildman–Crippen MR) is 124 cm³/mol. The number of Topliss-reactive ketones (excluding diaryl/α,β-unsaturated/α-hetero) is 1. The van der Waals surface area contributed by atoms with Gasteiger partial charge in [-0.3, -0.25) is 4.79 Å². The van der Waals surface area contributed by atoms with E-state index in [1.54, 1.807) is 0 Å². The molecule has 1 aromatic heterocycles. The average molecular weight is 542 g/mol. The van der Waals surface area contributed by atoms with Crippen molar-refractivity contribution in [1.29, 1.82) is 0 Å². The van der Waals surface area contributed by atoms with Crippen molar-refractivity contribution in [2.24, 2.45) is 0 Å². The first-order valence-electron chi connectivity index (χ1n) is 11.8. The second-order valence-electron chi connectivity index (χ2n) is 9.18. The molecule has 14 heteroatoms. The highest BCUT2D eigenvalue weighted by Gasteiger charge is 2.48. The summed E-state index contributed by atoms with van der Waals surface area (Å²) in [6.07, 6.45) is -15.9. The summed E-state index contributed by atoms with van der Waals surface area (Å²) in [7, 11) is 1.36. The number of ketones is 1. The number of ether oxygens (including phenoxy) is 5. The lowest BCUT2D eigenvalue weighted by molar-refractivity contribution is -0.320. The van der Waals surface area contributed by atoms with E-state index in [1.807, 2.05) is 0 Å². The molecule has 0 spiro atoms. The van der Waals surface area contributed by atoms with Crippen LogP contribution in [0.25, 0.3) is 11.0 Å². The summed E-state index contributed by atoms with van der Waals surface area (Å²) in [6, 6.07) is 5.61. The lowest BCUT2D eigenvalue weighted by atomic mass is 9.95. The van der Waals surface area contributed by atoms with Crippen LogP contribution in [0.3, 0.4) is 0 Å². The number of rotatable bonds is 8. The Morgan fingerprint density at radius 2 is 1.47 bits per heavy atom. The van der Waals surface area contributed by atoms with Gasteiger partial charge in [-0.25, -0.2) is 4.79 Å². The molecule has 3 heterocycles. The van der Waals surface area contributed by atoms with E-state index in [2.05, 4.69) is 0 Å². The highest BCUT2D eigenvalue weighted by atomic mass is 16.7. The van der Waals surface area contributed by atoms with E-state index in [4.69, 9.17) is 28.1 Å². The fourth-order valence-electron chi connectivity index (χ4n) is 4.30. The zero-order valence-electron chi connectivity index (χ0n) is 20.4. The van der Waals surface area contributed by atoms with E-state index in [-0.39, 0.29) is 29.3 Å². The summed E-state index contributed by atoms with van der Waals surface area (Å²) < 4.78 is 32.7. The van der Waals surface area contributed by atoms with Crippen molar-refractivity contribution in [3.05, 3.63) is 34.7 Å². The summed E-state index contributed by atoms with van der Waals surface area (Å²) in [5, 5.41) is 62.3. The molecule has 6 N–H and O–H groups in total. The van der Waals surface area contributed by atoms with Crippen LogP contribution in [0.2, 0.25) is 0 Å². The molecular weight excluding hydrogens is 512 g/mol. The Labute approximate surface area is 215 Å². The number of carbonyl (C=O) groups excluding carboxylic acids is 1. The minimum Gasteiger partial charge on any atom is -0.493 e. The summed E-state index contributed by atoms with van der Waals surface area (Å²) in [6.45, 7) is 0.743. The van der Waals surface area contributed by atoms with Crippen LogP contribution in [0.4, 0.5) is 0 Å². The first kappa shape index (κ1) is 28.4. The Balaban J connectivity index is 1.49. The van der Waals surface area contributed by atoms with Gasteiger partial charge in [0.25, 0.3) is 0 Å². The van der Waals surface area contributed by atoms with Gasteiger partial charge in [-0.2, -0.15) is 0 Å². The molecule has 0 amide bonds. The van der Waals surface area contributed by atoms with Gasteiger partial charge in [0.2, 0.25) is 6.29 Å². The summed E-state index contributed by atoms with van der Waals surface area (Å²) >= 11 is 0. The van der Waals surface area contributed by atoms with Crippen molar-refractivity contribution < 1.29 is 63.5 Å². The zero-order chi connectivity index (χ0) is 27.7. The van der Waals surface area contributed by atoms with Crippen LogP contribution in [-0.2, 0) is 19.0 Å². The average Bonchev–Trinajstić information content (AvgIpc) is 2.88. The van der Waals surface area contributed by atoms with Crippen molar-refractivity contribution in [3.8, 4) is 11.5 Å². The molecule has 0 radical (unpaired) electrons. The molecule has 14 nitrogen and oxygen atoms in total. The number of carbonyl (C=O) groups is 1. The van der Waals surface area contributed by atoms with Crippen LogP contribution < -0.4 is 15.1 Å². The molecule has 0 aliphatic carbocycles. The normalized spacial score (nSPS) is 35.7. The predicted octanol–water partition coefficient (Wildman–Crippen LogP) is -2.21. The summed E-state index contributed by atoms with van der Waals surface area (Å²) in [5.74, 6) is -0.141. The van der Waals surface area contributed by atoms with Gasteiger partial charge in [-0.1, -0.05) is 0 Å². The minimum absolute atomic E-state index is 0.00289. The van der Waals surface area contributed by atoms with Crippen molar-refractivity contribution in [1.82, 2.24) is 0 Å². The van der Waals surface area contributed by atoms with Crippen molar-refractivity contribution in [2.45, 2.75) is 74.8 Å². The number of benzene rings is 1. The molecule has 1 aromatic carbocycles. The largest absolute Gasteiger partial charge is 0.493 e. The zero-order valence-corrected chi connectivity index (χ0v) is 20.4. The van der Waals surface area contributed by atoms with Crippen LogP contribution in [0.1, 0.15) is 13.3 Å². The Hall–Kier alpha value is -2.66. The smallest absolute Gasteiger partial charge is 0.336 e. The van der Waals surface area contributed by atoms with E-state index < -0.39 is 73.6 Å². The van der Waals surface area contributed by atoms with Gasteiger partial charge in [0.1, 0.15) is 54.1 Å². The van der Waals surface area contributed by atoms with Gasteiger partial charge >= 0.3 is 5.63 Å². The van der Waals surface area contributed by atoms with E-state index in [1.165, 1.54) is 38.3 Å². The molecule has 2 fully saturated rings. The third-order valence-corrected chi connectivity index (χ3v) is 6.40. The molecule has 10 atom stereocenters. The second kappa shape index (κ2) is 11.6. The number of aliphatic hydroxyl groups excluding tert-OH is 6. The Morgan fingerprint density at radius 1 is 0.842 bits per heavy atom. The van der Waals surface area contributed by atoms with Crippen LogP contribution in [0.5, 0.6) is 11.5 Å². The van der Waals surface area contributed by atoms with Crippen molar-refractivity contribution >= 4 is 16.8 Å². The SMILES string of the molecule is COc1cc2ccc(=O)oc2cc1OC1OC(COC2OC(CC(C)=O)C(O)C(O)C2O)C(O)C(O)C1O.